The largest absolute Gasteiger partial charge is 0.431 e. The van der Waals surface area contributed by atoms with E-state index >= 15 is 0 Å². The number of halogens is 38. The summed E-state index contributed by atoms with van der Waals surface area (Å²) in [4.78, 5) is 26.3. The second kappa shape index (κ2) is 16.3. The Kier molecular flexibility index (Phi) is 16.2. The molecule has 0 aromatic heterocycles. The molecule has 0 N–H and O–H groups in total. The van der Waals surface area contributed by atoms with E-state index in [1.807, 2.05) is 9.78 Å². The van der Waals surface area contributed by atoms with E-state index in [-0.39, 0.29) is 0 Å². The van der Waals surface area contributed by atoms with Crippen LogP contribution in [0.15, 0.2) is 0 Å². The summed E-state index contributed by atoms with van der Waals surface area (Å²) in [7, 11) is 0. The molecule has 0 aromatic carbocycles. The third kappa shape index (κ3) is 8.02. The second-order valence-electron chi connectivity index (χ2n) is 10.9. The van der Waals surface area contributed by atoms with Crippen molar-refractivity contribution in [3.63, 3.8) is 0 Å². The van der Waals surface area contributed by atoms with Crippen molar-refractivity contribution in [2.75, 3.05) is 0 Å². The number of carbonyl (C=O) groups excluding carboxylic acids is 2. The zero-order chi connectivity index (χ0) is 51.6. The van der Waals surface area contributed by atoms with E-state index in [2.05, 4.69) is 116 Å². The fourth-order valence-electron chi connectivity index (χ4n) is 3.16. The first-order valence-electron chi connectivity index (χ1n) is 12.7. The Morgan fingerprint density at radius 2 is 0.403 bits per heavy atom. The van der Waals surface area contributed by atoms with Gasteiger partial charge in [-0.15, -0.1) is 0 Å². The molecule has 0 spiro atoms. The van der Waals surface area contributed by atoms with Crippen molar-refractivity contribution in [2.45, 2.75) is 99.2 Å². The summed E-state index contributed by atoms with van der Waals surface area (Å²) in [6, 6.07) is 0. The summed E-state index contributed by atoms with van der Waals surface area (Å²) < 4.78 is 396. The lowest BCUT2D eigenvalue weighted by molar-refractivity contribution is -0.394. The summed E-state index contributed by atoms with van der Waals surface area (Å²) in [5.41, 5.74) is 0. The van der Waals surface area contributed by atoms with Gasteiger partial charge in [0.15, 0.2) is 0 Å². The Labute approximate surface area is 368 Å². The minimum Gasteiger partial charge on any atom is -0.240 e. The highest BCUT2D eigenvalue weighted by atomic mass is 35.5. The number of carbonyl (C=O) groups is 2. The third-order valence-electron chi connectivity index (χ3n) is 6.94. The van der Waals surface area contributed by atoms with Crippen LogP contribution in [0.1, 0.15) is 0 Å². The molecular weight excluding hydrogens is 1190 g/mol. The zero-order valence-electron chi connectivity index (χ0n) is 26.0. The molecule has 62 heavy (non-hydrogen) atoms. The normalized spacial score (nSPS) is 22.9. The molecule has 4 nitrogen and oxygen atoms in total. The standard InChI is InChI=1S/C20Cl10F28O4/c21-5(35,7(23,37)11(27,41)19(29,55)56)9(25,39)15(47,48)17(51,52)13(43,44)3(31,32)1(59)61-62-2(60)4(33,34)14(45,46)18(53,54)16(49,50)10(26,40)6(22,36)8(24,38)12(28,42)20(30,57)58. The van der Waals surface area contributed by atoms with Gasteiger partial charge < -0.3 is 0 Å². The van der Waals surface area contributed by atoms with Gasteiger partial charge in [-0.1, -0.05) is 92.8 Å². The lowest BCUT2D eigenvalue weighted by Crippen LogP contribution is -2.75. The summed E-state index contributed by atoms with van der Waals surface area (Å²) in [5.74, 6) is -80.0. The Balaban J connectivity index is 7.09. The van der Waals surface area contributed by atoms with Crippen LogP contribution in [-0.4, -0.2) is 111 Å². The molecule has 0 aliphatic rings. The van der Waals surface area contributed by atoms with Gasteiger partial charge in [-0.2, -0.15) is 87.8 Å². The van der Waals surface area contributed by atoms with Gasteiger partial charge in [0.1, 0.15) is 0 Å². The monoisotopic (exact) mass is 1190 g/mol. The van der Waals surface area contributed by atoms with Gasteiger partial charge in [0.25, 0.3) is 20.5 Å². The quantitative estimate of drug-likeness (QED) is 0.0594. The van der Waals surface area contributed by atoms with Crippen LogP contribution in [0.3, 0.4) is 0 Å². The van der Waals surface area contributed by atoms with Crippen LogP contribution in [0.2, 0.25) is 0 Å². The zero-order valence-corrected chi connectivity index (χ0v) is 33.6. The van der Waals surface area contributed by atoms with E-state index in [9.17, 15) is 133 Å². The van der Waals surface area contributed by atoms with E-state index < -0.39 is 111 Å². The smallest absolute Gasteiger partial charge is 0.240 e. The molecule has 0 saturated carbocycles. The van der Waals surface area contributed by atoms with Gasteiger partial charge in [-0.25, -0.2) is 54.5 Å². The lowest BCUT2D eigenvalue weighted by atomic mass is 9.90. The Bertz CT molecular complexity index is 1580. The first-order valence-corrected chi connectivity index (χ1v) is 16.4. The minimum absolute atomic E-state index is 1.86. The summed E-state index contributed by atoms with van der Waals surface area (Å²) in [5, 5.41) is -69.7. The molecular formula is C20Cl10F28O4. The van der Waals surface area contributed by atoms with Gasteiger partial charge in [0.2, 0.25) is 0 Å². The van der Waals surface area contributed by atoms with Crippen LogP contribution in [-0.2, 0) is 19.4 Å². The molecule has 0 fully saturated rings. The van der Waals surface area contributed by atoms with E-state index in [4.69, 9.17) is 0 Å². The van der Waals surface area contributed by atoms with Crippen LogP contribution in [0.4, 0.5) is 123 Å². The molecule has 0 amide bonds. The van der Waals surface area contributed by atoms with Crippen molar-refractivity contribution in [3.8, 4) is 0 Å². The molecule has 0 aliphatic carbocycles. The fourth-order valence-corrected chi connectivity index (χ4v) is 5.46. The first kappa shape index (κ1) is 61.9. The van der Waals surface area contributed by atoms with Crippen LogP contribution in [0.25, 0.3) is 0 Å². The van der Waals surface area contributed by atoms with Crippen LogP contribution >= 0.6 is 116 Å². The van der Waals surface area contributed by atoms with Crippen molar-refractivity contribution in [3.05, 3.63) is 0 Å². The predicted octanol–water partition coefficient (Wildman–Crippen LogP) is 14.0. The number of rotatable bonds is 18. The molecule has 0 bridgehead atoms. The number of alkyl halides is 38. The van der Waals surface area contributed by atoms with Crippen LogP contribution in [0.5, 0.6) is 0 Å². The van der Waals surface area contributed by atoms with Gasteiger partial charge in [-0.3, -0.25) is 0 Å². The molecule has 0 aliphatic heterocycles. The van der Waals surface area contributed by atoms with Crippen molar-refractivity contribution in [2.24, 2.45) is 0 Å². The Hall–Kier alpha value is -0.120. The molecule has 0 heterocycles. The Morgan fingerprint density at radius 3 is 0.565 bits per heavy atom. The summed E-state index contributed by atoms with van der Waals surface area (Å²) in [6.07, 6.45) is 0. The maximum atomic E-state index is 14.7. The van der Waals surface area contributed by atoms with E-state index in [0.717, 1.165) is 0 Å². The molecule has 8 atom stereocenters. The van der Waals surface area contributed by atoms with E-state index in [1.165, 1.54) is 0 Å². The SMILES string of the molecule is O=C(OOC(=O)C(F)(F)C(F)(F)C(F)(F)C(F)(F)C(F)(Cl)C(F)(Cl)C(F)(Cl)C(F)(Cl)C(F)(F)Cl)C(F)(F)C(F)(F)C(F)(F)C(F)(F)C(F)(Cl)C(F)(Cl)C(F)(Cl)C(F)(Cl)C(F)(F)Cl. The average molecular weight is 1190 g/mol. The molecule has 0 radical (unpaired) electrons. The molecule has 0 saturated heterocycles. The molecule has 0 aromatic rings. The van der Waals surface area contributed by atoms with E-state index in [1.54, 1.807) is 0 Å². The van der Waals surface area contributed by atoms with Crippen LogP contribution < -0.4 is 0 Å². The highest BCUT2D eigenvalue weighted by Gasteiger charge is 2.96. The molecule has 8 unspecified atom stereocenters. The van der Waals surface area contributed by atoms with Gasteiger partial charge >= 0.3 is 90.6 Å². The van der Waals surface area contributed by atoms with Crippen molar-refractivity contribution < 1.29 is 142 Å². The third-order valence-corrected chi connectivity index (χ3v) is 12.3. The number of hydrogen-bond donors (Lipinski definition) is 0. The van der Waals surface area contributed by atoms with Crippen molar-refractivity contribution >= 4 is 128 Å². The molecule has 42 heteroatoms. The second-order valence-corrected chi connectivity index (χ2v) is 16.0. The van der Waals surface area contributed by atoms with E-state index in [0.29, 0.717) is 0 Å². The Morgan fingerprint density at radius 1 is 0.242 bits per heavy atom. The average Bonchev–Trinajstić information content (AvgIpc) is 3.04. The van der Waals surface area contributed by atoms with Gasteiger partial charge in [-0.05, 0) is 23.2 Å². The first-order chi connectivity index (χ1) is 26.0. The number of hydrogen-bond acceptors (Lipinski definition) is 4. The highest BCUT2D eigenvalue weighted by molar-refractivity contribution is 6.45. The van der Waals surface area contributed by atoms with Crippen molar-refractivity contribution in [1.82, 2.24) is 0 Å². The predicted molar refractivity (Wildman–Crippen MR) is 151 cm³/mol. The maximum Gasteiger partial charge on any atom is 0.431 e. The van der Waals surface area contributed by atoms with Gasteiger partial charge in [0.05, 0.1) is 0 Å². The van der Waals surface area contributed by atoms with Crippen molar-refractivity contribution in [1.29, 1.82) is 0 Å². The summed E-state index contributed by atoms with van der Waals surface area (Å²) in [6.45, 7) is 0. The maximum absolute atomic E-state index is 14.7. The molecule has 0 rings (SSSR count). The van der Waals surface area contributed by atoms with Gasteiger partial charge in [0, 0.05) is 0 Å². The molecule has 370 valence electrons. The summed E-state index contributed by atoms with van der Waals surface area (Å²) >= 11 is 39.5. The minimum atomic E-state index is -8.93. The fraction of sp³-hybridized carbons (Fsp3) is 0.900. The lowest BCUT2D eigenvalue weighted by Gasteiger charge is -2.46. The topological polar surface area (TPSA) is 52.6 Å². The highest BCUT2D eigenvalue weighted by Crippen LogP contribution is 2.70. The van der Waals surface area contributed by atoms with Crippen LogP contribution in [0, 0.1) is 0 Å².